The predicted molar refractivity (Wildman–Crippen MR) is 132 cm³/mol. The molecule has 0 N–H and O–H groups in total. The summed E-state index contributed by atoms with van der Waals surface area (Å²) in [5, 5.41) is 0. The van der Waals surface area contributed by atoms with Crippen molar-refractivity contribution in [1.29, 1.82) is 0 Å². The van der Waals surface area contributed by atoms with Crippen molar-refractivity contribution < 1.29 is 38.1 Å². The lowest BCUT2D eigenvalue weighted by Gasteiger charge is -2.66. The number of esters is 3. The Kier molecular flexibility index (Phi) is 5.25. The fourth-order valence-electron chi connectivity index (χ4n) is 9.86. The van der Waals surface area contributed by atoms with Crippen LogP contribution in [0.2, 0.25) is 0 Å². The van der Waals surface area contributed by atoms with Crippen molar-refractivity contribution in [2.24, 2.45) is 38.9 Å². The Morgan fingerprint density at radius 2 is 1.73 bits per heavy atom. The molecular weight excluding hydrogens is 476 g/mol. The molecule has 0 aromatic heterocycles. The maximum Gasteiger partial charge on any atom is 0.321 e. The lowest BCUT2D eigenvalue weighted by molar-refractivity contribution is -0.217. The fraction of sp³-hybridized carbons (Fsp3) is 0.724. The minimum absolute atomic E-state index is 0.165. The molecule has 0 aromatic rings. The van der Waals surface area contributed by atoms with Gasteiger partial charge in [0.05, 0.1) is 25.0 Å². The first-order chi connectivity index (χ1) is 17.1. The van der Waals surface area contributed by atoms with Gasteiger partial charge in [0.25, 0.3) is 0 Å². The highest BCUT2D eigenvalue weighted by molar-refractivity contribution is 6.11. The topological polar surface area (TPSA) is 105 Å². The van der Waals surface area contributed by atoms with Crippen molar-refractivity contribution in [2.75, 3.05) is 14.2 Å². The van der Waals surface area contributed by atoms with Crippen LogP contribution in [-0.4, -0.2) is 50.1 Å². The highest BCUT2D eigenvalue weighted by Gasteiger charge is 2.84. The van der Waals surface area contributed by atoms with Crippen LogP contribution in [0.25, 0.3) is 0 Å². The molecule has 8 nitrogen and oxygen atoms in total. The third kappa shape index (κ3) is 2.51. The summed E-state index contributed by atoms with van der Waals surface area (Å²) < 4.78 is 23.3. The van der Waals surface area contributed by atoms with Gasteiger partial charge in [-0.2, -0.15) is 0 Å². The first kappa shape index (κ1) is 26.0. The molecule has 37 heavy (non-hydrogen) atoms. The lowest BCUT2D eigenvalue weighted by Crippen LogP contribution is -2.71. The first-order valence-corrected chi connectivity index (χ1v) is 13.1. The third-order valence-corrected chi connectivity index (χ3v) is 11.2. The van der Waals surface area contributed by atoms with E-state index in [-0.39, 0.29) is 29.7 Å². The van der Waals surface area contributed by atoms with Gasteiger partial charge in [0.1, 0.15) is 23.4 Å². The number of carbonyl (C=O) groups excluding carboxylic acids is 4. The van der Waals surface area contributed by atoms with Crippen molar-refractivity contribution in [3.8, 4) is 0 Å². The van der Waals surface area contributed by atoms with E-state index in [1.165, 1.54) is 21.1 Å². The number of ketones is 1. The fourth-order valence-corrected chi connectivity index (χ4v) is 9.86. The van der Waals surface area contributed by atoms with Gasteiger partial charge in [-0.3, -0.25) is 19.2 Å². The Hall–Kier alpha value is -2.64. The maximum absolute atomic E-state index is 14.1. The van der Waals surface area contributed by atoms with Crippen LogP contribution in [0.1, 0.15) is 67.7 Å². The molecule has 1 aliphatic heterocycles. The maximum atomic E-state index is 14.1. The van der Waals surface area contributed by atoms with Crippen molar-refractivity contribution in [1.82, 2.24) is 0 Å². The van der Waals surface area contributed by atoms with E-state index in [2.05, 4.69) is 6.08 Å². The summed E-state index contributed by atoms with van der Waals surface area (Å²) in [6, 6.07) is 0. The number of methoxy groups -OCH3 is 2. The molecule has 8 heteroatoms. The second-order valence-corrected chi connectivity index (χ2v) is 12.7. The average Bonchev–Trinajstić information content (AvgIpc) is 3.17. The van der Waals surface area contributed by atoms with Gasteiger partial charge >= 0.3 is 17.9 Å². The zero-order valence-corrected chi connectivity index (χ0v) is 23.3. The van der Waals surface area contributed by atoms with Gasteiger partial charge in [-0.25, -0.2) is 0 Å². The molecule has 2 saturated carbocycles. The summed E-state index contributed by atoms with van der Waals surface area (Å²) in [6.45, 7) is 12.9. The van der Waals surface area contributed by atoms with E-state index < -0.39 is 45.1 Å². The van der Waals surface area contributed by atoms with Crippen molar-refractivity contribution >= 4 is 23.7 Å². The summed E-state index contributed by atoms with van der Waals surface area (Å²) >= 11 is 0. The number of hydrogen-bond donors (Lipinski definition) is 0. The van der Waals surface area contributed by atoms with E-state index in [9.17, 15) is 19.2 Å². The van der Waals surface area contributed by atoms with E-state index in [0.717, 1.165) is 5.57 Å². The molecule has 1 unspecified atom stereocenters. The number of hydrogen-bond acceptors (Lipinski definition) is 8. The second-order valence-electron chi connectivity index (χ2n) is 12.7. The Morgan fingerprint density at radius 3 is 2.30 bits per heavy atom. The van der Waals surface area contributed by atoms with Crippen LogP contribution in [0.3, 0.4) is 0 Å². The molecule has 0 aromatic carbocycles. The van der Waals surface area contributed by atoms with Crippen LogP contribution in [0.4, 0.5) is 0 Å². The molecular formula is C29H38O8. The predicted octanol–water partition coefficient (Wildman–Crippen LogP) is 3.92. The van der Waals surface area contributed by atoms with E-state index in [1.807, 2.05) is 34.6 Å². The first-order valence-electron chi connectivity index (χ1n) is 13.1. The smallest absolute Gasteiger partial charge is 0.321 e. The molecule has 8 atom stereocenters. The van der Waals surface area contributed by atoms with Gasteiger partial charge in [-0.05, 0) is 40.0 Å². The van der Waals surface area contributed by atoms with Gasteiger partial charge < -0.3 is 18.9 Å². The van der Waals surface area contributed by atoms with Crippen molar-refractivity contribution in [3.63, 3.8) is 0 Å². The number of Topliss-reactive ketones (excluding diaryl/α,β-unsaturated/α-hetero) is 1. The number of ether oxygens (including phenoxy) is 4. The summed E-state index contributed by atoms with van der Waals surface area (Å²) in [5.74, 6) is -1.67. The van der Waals surface area contributed by atoms with E-state index >= 15 is 0 Å². The van der Waals surface area contributed by atoms with Crippen LogP contribution in [0.5, 0.6) is 0 Å². The Morgan fingerprint density at radius 1 is 1.08 bits per heavy atom. The summed E-state index contributed by atoms with van der Waals surface area (Å²) in [7, 11) is 2.82. The van der Waals surface area contributed by atoms with Crippen LogP contribution in [0, 0.1) is 38.9 Å². The standard InChI is InChI=1S/C29H38O8/c1-14-12-18-26(6,29(24(33)35-9)22(34-8)15(2)21(31)27(14,29)7)13-17-20-25(4,5)19(36-16(3)30)10-11-28(18,20)23(32)37-17/h12,17-20H,10-11,13H2,1-9H3/t17-,18-,19-,20?,26-,27-,28+,29+/m0/s1. The monoisotopic (exact) mass is 514 g/mol. The number of rotatable bonds is 3. The van der Waals surface area contributed by atoms with E-state index in [0.29, 0.717) is 30.6 Å². The molecule has 0 spiro atoms. The minimum Gasteiger partial charge on any atom is -0.499 e. The van der Waals surface area contributed by atoms with Gasteiger partial charge in [-0.15, -0.1) is 0 Å². The number of allylic oxidation sites excluding steroid dienone is 3. The lowest BCUT2D eigenvalue weighted by atomic mass is 9.33. The van der Waals surface area contributed by atoms with Gasteiger partial charge in [0.15, 0.2) is 5.78 Å². The van der Waals surface area contributed by atoms with Crippen LogP contribution < -0.4 is 0 Å². The second kappa shape index (κ2) is 7.48. The van der Waals surface area contributed by atoms with Crippen LogP contribution in [0.15, 0.2) is 23.0 Å². The van der Waals surface area contributed by atoms with Gasteiger partial charge in [0.2, 0.25) is 0 Å². The van der Waals surface area contributed by atoms with Crippen LogP contribution >= 0.6 is 0 Å². The van der Waals surface area contributed by atoms with Crippen LogP contribution in [-0.2, 0) is 38.1 Å². The highest BCUT2D eigenvalue weighted by Crippen LogP contribution is 2.79. The number of carbonyl (C=O) groups is 4. The molecule has 5 rings (SSSR count). The summed E-state index contributed by atoms with van der Waals surface area (Å²) in [4.78, 5) is 53.9. The zero-order chi connectivity index (χ0) is 27.5. The van der Waals surface area contributed by atoms with Gasteiger partial charge in [-0.1, -0.05) is 32.4 Å². The van der Waals surface area contributed by atoms with Crippen molar-refractivity contribution in [2.45, 2.75) is 79.9 Å². The molecule has 2 bridgehead atoms. The quantitative estimate of drug-likeness (QED) is 0.317. The Labute approximate surface area is 218 Å². The molecule has 5 aliphatic rings. The Bertz CT molecular complexity index is 1190. The molecule has 0 radical (unpaired) electrons. The van der Waals surface area contributed by atoms with E-state index in [1.54, 1.807) is 6.92 Å². The Balaban J connectivity index is 1.81. The molecule has 0 amide bonds. The highest BCUT2D eigenvalue weighted by atomic mass is 16.6. The van der Waals surface area contributed by atoms with Gasteiger partial charge in [0, 0.05) is 35.2 Å². The summed E-state index contributed by atoms with van der Waals surface area (Å²) in [5.41, 5.74) is -3.98. The largest absolute Gasteiger partial charge is 0.499 e. The summed E-state index contributed by atoms with van der Waals surface area (Å²) in [6.07, 6.45) is 2.47. The molecule has 4 aliphatic carbocycles. The molecule has 1 saturated heterocycles. The normalized spacial score (nSPS) is 45.3. The SMILES string of the molecule is COC(=O)[C@@]12C(OC)=C(C)C(=O)[C@]1(C)C(C)=C[C@@H]1[C@]34CC[C@H](OC(C)=O)C(C)(C)C3[C@H](C[C@@]12C)OC4=O. The zero-order valence-electron chi connectivity index (χ0n) is 23.3. The van der Waals surface area contributed by atoms with E-state index in [4.69, 9.17) is 18.9 Å². The minimum atomic E-state index is -1.46. The molecule has 202 valence electrons. The number of fused-ring (bicyclic) bond motifs is 3. The average molecular weight is 515 g/mol. The van der Waals surface area contributed by atoms with Crippen molar-refractivity contribution in [3.05, 3.63) is 23.0 Å². The molecule has 3 fully saturated rings. The molecule has 1 heterocycles. The third-order valence-electron chi connectivity index (χ3n) is 11.2.